The zero-order chi connectivity index (χ0) is 13.1. The van der Waals surface area contributed by atoms with Crippen LogP contribution >= 0.6 is 0 Å². The summed E-state index contributed by atoms with van der Waals surface area (Å²) < 4.78 is 26.5. The number of hydrogen-bond donors (Lipinski definition) is 2. The highest BCUT2D eigenvalue weighted by molar-refractivity contribution is 5.68. The van der Waals surface area contributed by atoms with Gasteiger partial charge < -0.3 is 11.1 Å². The quantitative estimate of drug-likeness (QED) is 0.799. The van der Waals surface area contributed by atoms with Crippen LogP contribution in [0, 0.1) is 23.0 Å². The van der Waals surface area contributed by atoms with Crippen molar-refractivity contribution < 1.29 is 8.78 Å². The van der Waals surface area contributed by atoms with Crippen LogP contribution in [-0.2, 0) is 0 Å². The van der Waals surface area contributed by atoms with Gasteiger partial charge in [0, 0.05) is 11.4 Å². The summed E-state index contributed by atoms with van der Waals surface area (Å²) in [5.41, 5.74) is 6.24. The maximum absolute atomic E-state index is 13.4. The second-order valence-corrected chi connectivity index (χ2v) is 3.67. The topological polar surface area (TPSA) is 61.8 Å². The zero-order valence-electron chi connectivity index (χ0n) is 9.24. The number of benzene rings is 2. The lowest BCUT2D eigenvalue weighted by Crippen LogP contribution is -1.97. The summed E-state index contributed by atoms with van der Waals surface area (Å²) in [4.78, 5) is 0. The van der Waals surface area contributed by atoms with Gasteiger partial charge in [-0.15, -0.1) is 0 Å². The minimum absolute atomic E-state index is 0.125. The van der Waals surface area contributed by atoms with Gasteiger partial charge in [-0.2, -0.15) is 5.26 Å². The van der Waals surface area contributed by atoms with E-state index in [0.29, 0.717) is 5.69 Å². The Morgan fingerprint density at radius 3 is 2.61 bits per heavy atom. The number of nitrogens with zero attached hydrogens (tertiary/aromatic N) is 1. The van der Waals surface area contributed by atoms with E-state index < -0.39 is 11.6 Å². The molecule has 0 heterocycles. The maximum atomic E-state index is 13.4. The van der Waals surface area contributed by atoms with Crippen molar-refractivity contribution in [2.24, 2.45) is 0 Å². The van der Waals surface area contributed by atoms with E-state index in [1.807, 2.05) is 0 Å². The van der Waals surface area contributed by atoms with Crippen LogP contribution in [0.5, 0.6) is 0 Å². The fourth-order valence-electron chi connectivity index (χ4n) is 1.58. The van der Waals surface area contributed by atoms with Crippen molar-refractivity contribution in [2.75, 3.05) is 11.1 Å². The van der Waals surface area contributed by atoms with Gasteiger partial charge in [-0.05, 0) is 30.3 Å². The van der Waals surface area contributed by atoms with Gasteiger partial charge in [0.1, 0.15) is 23.3 Å². The minimum Gasteiger partial charge on any atom is -0.399 e. The Hall–Kier alpha value is -2.61. The summed E-state index contributed by atoms with van der Waals surface area (Å²) in [5.74, 6) is -1.14. The molecular weight excluding hydrogens is 236 g/mol. The third kappa shape index (κ3) is 2.38. The molecule has 0 saturated heterocycles. The molecule has 2 aromatic carbocycles. The summed E-state index contributed by atoms with van der Waals surface area (Å²) in [6.07, 6.45) is 0. The van der Waals surface area contributed by atoms with Gasteiger partial charge in [0.15, 0.2) is 0 Å². The van der Waals surface area contributed by atoms with Crippen LogP contribution in [0.15, 0.2) is 36.4 Å². The number of nitrogens with one attached hydrogen (secondary N) is 1. The first kappa shape index (κ1) is 11.9. The van der Waals surface area contributed by atoms with E-state index in [4.69, 9.17) is 11.0 Å². The Morgan fingerprint density at radius 2 is 1.94 bits per heavy atom. The van der Waals surface area contributed by atoms with Crippen molar-refractivity contribution in [3.63, 3.8) is 0 Å². The molecule has 0 aliphatic rings. The molecule has 0 aliphatic heterocycles. The summed E-state index contributed by atoms with van der Waals surface area (Å²) in [7, 11) is 0. The molecule has 3 nitrogen and oxygen atoms in total. The molecule has 90 valence electrons. The van der Waals surface area contributed by atoms with Gasteiger partial charge in [0.2, 0.25) is 0 Å². The second kappa shape index (κ2) is 4.72. The normalized spacial score (nSPS) is 9.83. The van der Waals surface area contributed by atoms with E-state index in [-0.39, 0.29) is 16.9 Å². The van der Waals surface area contributed by atoms with Crippen molar-refractivity contribution >= 4 is 17.1 Å². The van der Waals surface area contributed by atoms with Crippen molar-refractivity contribution in [3.8, 4) is 6.07 Å². The van der Waals surface area contributed by atoms with Crippen LogP contribution in [0.2, 0.25) is 0 Å². The average Bonchev–Trinajstić information content (AvgIpc) is 2.27. The lowest BCUT2D eigenvalue weighted by Gasteiger charge is -2.09. The van der Waals surface area contributed by atoms with Gasteiger partial charge in [-0.3, -0.25) is 0 Å². The Bertz CT molecular complexity index is 612. The summed E-state index contributed by atoms with van der Waals surface area (Å²) >= 11 is 0. The van der Waals surface area contributed by atoms with Crippen molar-refractivity contribution in [3.05, 3.63) is 53.6 Å². The van der Waals surface area contributed by atoms with E-state index in [0.717, 1.165) is 0 Å². The van der Waals surface area contributed by atoms with E-state index in [1.54, 1.807) is 6.07 Å². The Labute approximate surface area is 102 Å². The highest BCUT2D eigenvalue weighted by atomic mass is 19.1. The summed E-state index contributed by atoms with van der Waals surface area (Å²) in [5, 5.41) is 11.6. The largest absolute Gasteiger partial charge is 0.399 e. The van der Waals surface area contributed by atoms with Gasteiger partial charge in [-0.1, -0.05) is 6.07 Å². The van der Waals surface area contributed by atoms with Crippen LogP contribution in [0.4, 0.5) is 25.8 Å². The van der Waals surface area contributed by atoms with E-state index in [9.17, 15) is 8.78 Å². The molecule has 0 saturated carbocycles. The molecule has 2 aromatic rings. The zero-order valence-corrected chi connectivity index (χ0v) is 9.24. The fourth-order valence-corrected chi connectivity index (χ4v) is 1.58. The Morgan fingerprint density at radius 1 is 1.17 bits per heavy atom. The molecule has 0 aliphatic carbocycles. The molecule has 2 rings (SSSR count). The summed E-state index contributed by atoms with van der Waals surface area (Å²) in [6, 6.07) is 9.80. The Balaban J connectivity index is 2.40. The molecule has 0 spiro atoms. The van der Waals surface area contributed by atoms with Crippen LogP contribution in [-0.4, -0.2) is 0 Å². The Kier molecular flexibility index (Phi) is 3.11. The lowest BCUT2D eigenvalue weighted by molar-refractivity contribution is 0.624. The predicted octanol–water partition coefficient (Wildman–Crippen LogP) is 3.16. The molecule has 0 fully saturated rings. The molecule has 0 atom stereocenters. The molecule has 0 bridgehead atoms. The number of anilines is 3. The SMILES string of the molecule is N#Cc1c(F)cccc1Nc1cc(N)cc(F)c1. The van der Waals surface area contributed by atoms with Gasteiger partial charge >= 0.3 is 0 Å². The molecule has 0 aromatic heterocycles. The molecule has 0 amide bonds. The number of nitriles is 1. The van der Waals surface area contributed by atoms with E-state index >= 15 is 0 Å². The standard InChI is InChI=1S/C13H9F2N3/c14-8-4-9(17)6-10(5-8)18-13-3-1-2-12(15)11(13)7-16/h1-6,18H,17H2. The monoisotopic (exact) mass is 245 g/mol. The van der Waals surface area contributed by atoms with E-state index in [2.05, 4.69) is 5.32 Å². The van der Waals surface area contributed by atoms with Crippen LogP contribution in [0.1, 0.15) is 5.56 Å². The summed E-state index contributed by atoms with van der Waals surface area (Å²) in [6.45, 7) is 0. The number of nitrogen functional groups attached to an aromatic ring is 1. The third-order valence-electron chi connectivity index (χ3n) is 2.32. The second-order valence-electron chi connectivity index (χ2n) is 3.67. The van der Waals surface area contributed by atoms with Crippen LogP contribution in [0.25, 0.3) is 0 Å². The molecule has 18 heavy (non-hydrogen) atoms. The number of halogens is 2. The van der Waals surface area contributed by atoms with Crippen molar-refractivity contribution in [1.82, 2.24) is 0 Å². The van der Waals surface area contributed by atoms with Gasteiger partial charge in [0.05, 0.1) is 5.69 Å². The molecule has 0 unspecified atom stereocenters. The molecule has 5 heteroatoms. The highest BCUT2D eigenvalue weighted by Crippen LogP contribution is 2.24. The number of nitrogens with two attached hydrogens (primary N) is 1. The molecule has 0 radical (unpaired) electrons. The molecular formula is C13H9F2N3. The first-order valence-corrected chi connectivity index (χ1v) is 5.12. The van der Waals surface area contributed by atoms with Crippen LogP contribution < -0.4 is 11.1 Å². The van der Waals surface area contributed by atoms with Crippen molar-refractivity contribution in [2.45, 2.75) is 0 Å². The minimum atomic E-state index is -0.633. The highest BCUT2D eigenvalue weighted by Gasteiger charge is 2.08. The lowest BCUT2D eigenvalue weighted by atomic mass is 10.1. The smallest absolute Gasteiger partial charge is 0.143 e. The number of hydrogen-bond acceptors (Lipinski definition) is 3. The predicted molar refractivity (Wildman–Crippen MR) is 65.2 cm³/mol. The third-order valence-corrected chi connectivity index (χ3v) is 2.32. The van der Waals surface area contributed by atoms with Gasteiger partial charge in [-0.25, -0.2) is 8.78 Å². The average molecular weight is 245 g/mol. The maximum Gasteiger partial charge on any atom is 0.143 e. The van der Waals surface area contributed by atoms with Crippen LogP contribution in [0.3, 0.4) is 0 Å². The molecule has 3 N–H and O–H groups in total. The fraction of sp³-hybridized carbons (Fsp3) is 0. The first-order chi connectivity index (χ1) is 8.60. The number of rotatable bonds is 2. The first-order valence-electron chi connectivity index (χ1n) is 5.12. The van der Waals surface area contributed by atoms with Gasteiger partial charge in [0.25, 0.3) is 0 Å². The van der Waals surface area contributed by atoms with Crippen molar-refractivity contribution in [1.29, 1.82) is 5.26 Å². The van der Waals surface area contributed by atoms with E-state index in [1.165, 1.54) is 36.4 Å².